The van der Waals surface area contributed by atoms with Crippen LogP contribution in [0.15, 0.2) is 18.2 Å². The van der Waals surface area contributed by atoms with Crippen molar-refractivity contribution in [3.63, 3.8) is 0 Å². The number of halogens is 1. The standard InChI is InChI=1S/C15H22FNO3/c1-5-15(3,4)17-14(19)9-20-11-6-7-12(10(2)18)13(16)8-11/h6-8,10,18H,5,9H2,1-4H3,(H,17,19)/t10-/m0/s1. The van der Waals surface area contributed by atoms with Crippen molar-refractivity contribution < 1.29 is 19.0 Å². The molecule has 1 aromatic rings. The fourth-order valence-corrected chi connectivity index (χ4v) is 1.59. The number of rotatable bonds is 6. The van der Waals surface area contributed by atoms with Gasteiger partial charge in [-0.2, -0.15) is 0 Å². The van der Waals surface area contributed by atoms with Crippen molar-refractivity contribution >= 4 is 5.91 Å². The van der Waals surface area contributed by atoms with E-state index >= 15 is 0 Å². The van der Waals surface area contributed by atoms with Gasteiger partial charge in [0.2, 0.25) is 0 Å². The van der Waals surface area contributed by atoms with Crippen molar-refractivity contribution in [2.24, 2.45) is 0 Å². The molecule has 112 valence electrons. The van der Waals surface area contributed by atoms with Gasteiger partial charge in [0.1, 0.15) is 11.6 Å². The van der Waals surface area contributed by atoms with Crippen LogP contribution in [0.1, 0.15) is 45.8 Å². The third-order valence-corrected chi connectivity index (χ3v) is 3.15. The molecule has 4 nitrogen and oxygen atoms in total. The highest BCUT2D eigenvalue weighted by molar-refractivity contribution is 5.78. The van der Waals surface area contributed by atoms with Gasteiger partial charge in [-0.3, -0.25) is 4.79 Å². The summed E-state index contributed by atoms with van der Waals surface area (Å²) in [5, 5.41) is 12.1. The van der Waals surface area contributed by atoms with Crippen LogP contribution < -0.4 is 10.1 Å². The molecule has 1 amide bonds. The Morgan fingerprint density at radius 3 is 2.65 bits per heavy atom. The van der Waals surface area contributed by atoms with Gasteiger partial charge in [-0.05, 0) is 39.3 Å². The summed E-state index contributed by atoms with van der Waals surface area (Å²) in [5.74, 6) is -0.542. The summed E-state index contributed by atoms with van der Waals surface area (Å²) in [6.07, 6.45) is -0.0751. The molecule has 2 N–H and O–H groups in total. The van der Waals surface area contributed by atoms with E-state index in [0.29, 0.717) is 0 Å². The summed E-state index contributed by atoms with van der Waals surface area (Å²) in [4.78, 5) is 11.7. The second-order valence-corrected chi connectivity index (χ2v) is 5.43. The fraction of sp³-hybridized carbons (Fsp3) is 0.533. The largest absolute Gasteiger partial charge is 0.484 e. The lowest BCUT2D eigenvalue weighted by molar-refractivity contribution is -0.124. The molecule has 0 aliphatic rings. The van der Waals surface area contributed by atoms with Crippen molar-refractivity contribution in [2.75, 3.05) is 6.61 Å². The average molecular weight is 283 g/mol. The number of amides is 1. The smallest absolute Gasteiger partial charge is 0.258 e. The molecule has 0 unspecified atom stereocenters. The quantitative estimate of drug-likeness (QED) is 0.843. The number of carbonyl (C=O) groups is 1. The first-order valence-corrected chi connectivity index (χ1v) is 6.66. The number of hydrogen-bond donors (Lipinski definition) is 2. The lowest BCUT2D eigenvalue weighted by atomic mass is 10.0. The Morgan fingerprint density at radius 2 is 2.15 bits per heavy atom. The van der Waals surface area contributed by atoms with Crippen LogP contribution in [0.2, 0.25) is 0 Å². The Morgan fingerprint density at radius 1 is 1.50 bits per heavy atom. The lowest BCUT2D eigenvalue weighted by Crippen LogP contribution is -2.44. The van der Waals surface area contributed by atoms with E-state index in [1.165, 1.54) is 25.1 Å². The van der Waals surface area contributed by atoms with E-state index in [-0.39, 0.29) is 29.4 Å². The summed E-state index contributed by atoms with van der Waals surface area (Å²) in [6.45, 7) is 7.13. The molecule has 0 bridgehead atoms. The number of aliphatic hydroxyl groups excluding tert-OH is 1. The Hall–Kier alpha value is -1.62. The second-order valence-electron chi connectivity index (χ2n) is 5.43. The number of nitrogens with one attached hydrogen (secondary N) is 1. The van der Waals surface area contributed by atoms with E-state index < -0.39 is 11.9 Å². The number of ether oxygens (including phenoxy) is 1. The SMILES string of the molecule is CCC(C)(C)NC(=O)COc1ccc([C@H](C)O)c(F)c1. The van der Waals surface area contributed by atoms with Crippen LogP contribution in [-0.2, 0) is 4.79 Å². The summed E-state index contributed by atoms with van der Waals surface area (Å²) in [6, 6.07) is 4.15. The van der Waals surface area contributed by atoms with Crippen molar-refractivity contribution in [1.82, 2.24) is 5.32 Å². The second kappa shape index (κ2) is 6.70. The van der Waals surface area contributed by atoms with Gasteiger partial charge >= 0.3 is 0 Å². The van der Waals surface area contributed by atoms with Gasteiger partial charge in [0.05, 0.1) is 6.10 Å². The molecule has 0 aliphatic carbocycles. The predicted octanol–water partition coefficient (Wildman–Crippen LogP) is 2.56. The zero-order valence-electron chi connectivity index (χ0n) is 12.4. The van der Waals surface area contributed by atoms with Gasteiger partial charge in [0.15, 0.2) is 6.61 Å². The van der Waals surface area contributed by atoms with E-state index in [1.807, 2.05) is 20.8 Å². The van der Waals surface area contributed by atoms with Crippen LogP contribution in [0, 0.1) is 5.82 Å². The predicted molar refractivity (Wildman–Crippen MR) is 75.0 cm³/mol. The van der Waals surface area contributed by atoms with Crippen molar-refractivity contribution in [3.05, 3.63) is 29.6 Å². The molecule has 0 radical (unpaired) electrons. The van der Waals surface area contributed by atoms with Crippen molar-refractivity contribution in [3.8, 4) is 5.75 Å². The van der Waals surface area contributed by atoms with Crippen LogP contribution >= 0.6 is 0 Å². The maximum Gasteiger partial charge on any atom is 0.258 e. The zero-order valence-corrected chi connectivity index (χ0v) is 12.4. The number of hydrogen-bond acceptors (Lipinski definition) is 3. The van der Waals surface area contributed by atoms with Gasteiger partial charge < -0.3 is 15.2 Å². The summed E-state index contributed by atoms with van der Waals surface area (Å²) >= 11 is 0. The topological polar surface area (TPSA) is 58.6 Å². The molecule has 1 atom stereocenters. The van der Waals surface area contributed by atoms with Crippen LogP contribution in [0.4, 0.5) is 4.39 Å². The van der Waals surface area contributed by atoms with Gasteiger partial charge in [0.25, 0.3) is 5.91 Å². The molecular weight excluding hydrogens is 261 g/mol. The average Bonchev–Trinajstić information content (AvgIpc) is 2.35. The highest BCUT2D eigenvalue weighted by Gasteiger charge is 2.18. The number of carbonyl (C=O) groups excluding carboxylic acids is 1. The monoisotopic (exact) mass is 283 g/mol. The molecule has 0 saturated carbocycles. The minimum Gasteiger partial charge on any atom is -0.484 e. The van der Waals surface area contributed by atoms with E-state index in [2.05, 4.69) is 5.32 Å². The molecular formula is C15H22FNO3. The molecule has 0 heterocycles. The van der Waals surface area contributed by atoms with Gasteiger partial charge in [-0.15, -0.1) is 0 Å². The third kappa shape index (κ3) is 4.81. The molecule has 0 spiro atoms. The van der Waals surface area contributed by atoms with Crippen LogP contribution in [0.5, 0.6) is 5.75 Å². The van der Waals surface area contributed by atoms with Crippen molar-refractivity contribution in [1.29, 1.82) is 0 Å². The first kappa shape index (κ1) is 16.4. The molecule has 0 saturated heterocycles. The Balaban J connectivity index is 2.58. The van der Waals surface area contributed by atoms with Crippen LogP contribution in [0.25, 0.3) is 0 Å². The van der Waals surface area contributed by atoms with E-state index in [1.54, 1.807) is 0 Å². The minimum atomic E-state index is -0.877. The van der Waals surface area contributed by atoms with E-state index in [4.69, 9.17) is 4.74 Å². The minimum absolute atomic E-state index is 0.170. The van der Waals surface area contributed by atoms with E-state index in [0.717, 1.165) is 6.42 Å². The molecule has 0 aliphatic heterocycles. The molecule has 0 aromatic heterocycles. The maximum absolute atomic E-state index is 13.6. The summed E-state index contributed by atoms with van der Waals surface area (Å²) < 4.78 is 18.9. The number of aliphatic hydroxyl groups is 1. The lowest BCUT2D eigenvalue weighted by Gasteiger charge is -2.24. The number of benzene rings is 1. The van der Waals surface area contributed by atoms with Crippen molar-refractivity contribution in [2.45, 2.75) is 45.8 Å². The zero-order chi connectivity index (χ0) is 15.3. The first-order valence-electron chi connectivity index (χ1n) is 6.66. The maximum atomic E-state index is 13.6. The molecule has 20 heavy (non-hydrogen) atoms. The van der Waals surface area contributed by atoms with Gasteiger partial charge in [0, 0.05) is 17.2 Å². The Labute approximate surface area is 119 Å². The molecule has 5 heteroatoms. The molecule has 0 fully saturated rings. The summed E-state index contributed by atoms with van der Waals surface area (Å²) in [7, 11) is 0. The Bertz CT molecular complexity index is 472. The first-order chi connectivity index (χ1) is 9.25. The highest BCUT2D eigenvalue weighted by atomic mass is 19.1. The van der Waals surface area contributed by atoms with E-state index in [9.17, 15) is 14.3 Å². The van der Waals surface area contributed by atoms with Gasteiger partial charge in [-0.25, -0.2) is 4.39 Å². The van der Waals surface area contributed by atoms with Gasteiger partial charge in [-0.1, -0.05) is 6.92 Å². The fourth-order valence-electron chi connectivity index (χ4n) is 1.59. The van der Waals surface area contributed by atoms with Crippen LogP contribution in [-0.4, -0.2) is 23.2 Å². The highest BCUT2D eigenvalue weighted by Crippen LogP contribution is 2.21. The summed E-state index contributed by atoms with van der Waals surface area (Å²) in [5.41, 5.74) is -0.0871. The molecule has 1 rings (SSSR count). The van der Waals surface area contributed by atoms with Crippen LogP contribution in [0.3, 0.4) is 0 Å². The Kier molecular flexibility index (Phi) is 5.51. The molecule has 1 aromatic carbocycles. The third-order valence-electron chi connectivity index (χ3n) is 3.15. The normalized spacial score (nSPS) is 12.9.